The molecule has 0 saturated carbocycles. The minimum atomic E-state index is 0.832. The summed E-state index contributed by atoms with van der Waals surface area (Å²) in [6.45, 7) is 14.7. The van der Waals surface area contributed by atoms with Crippen LogP contribution in [0.15, 0.2) is 9.52 Å². The summed E-state index contributed by atoms with van der Waals surface area (Å²) in [5.41, 5.74) is 2.18. The largest absolute Gasteiger partial charge is 0.361 e. The summed E-state index contributed by atoms with van der Waals surface area (Å²) in [5.74, 6) is 2.72. The maximum atomic E-state index is 5.22. The molecule has 2 N–H and O–H groups in total. The van der Waals surface area contributed by atoms with Crippen LogP contribution in [0, 0.1) is 19.8 Å². The van der Waals surface area contributed by atoms with Crippen LogP contribution in [0.2, 0.25) is 0 Å². The number of guanidine groups is 1. The lowest BCUT2D eigenvalue weighted by atomic mass is 9.99. The molecule has 2 heterocycles. The quantitative estimate of drug-likeness (QED) is 0.429. The first kappa shape index (κ1) is 19.8. The highest BCUT2D eigenvalue weighted by Gasteiger charge is 2.14. The summed E-state index contributed by atoms with van der Waals surface area (Å²) in [7, 11) is 0. The van der Waals surface area contributed by atoms with Crippen molar-refractivity contribution < 1.29 is 4.52 Å². The van der Waals surface area contributed by atoms with E-state index >= 15 is 0 Å². The van der Waals surface area contributed by atoms with Crippen molar-refractivity contribution in [3.63, 3.8) is 0 Å². The van der Waals surface area contributed by atoms with Crippen molar-refractivity contribution in [1.29, 1.82) is 0 Å². The van der Waals surface area contributed by atoms with Crippen LogP contribution in [0.1, 0.15) is 50.1 Å². The van der Waals surface area contributed by atoms with Gasteiger partial charge in [0.15, 0.2) is 5.96 Å². The van der Waals surface area contributed by atoms with Gasteiger partial charge in [0, 0.05) is 25.2 Å². The number of piperidine rings is 1. The first-order chi connectivity index (χ1) is 12.1. The van der Waals surface area contributed by atoms with Gasteiger partial charge in [-0.3, -0.25) is 4.99 Å². The molecule has 0 atom stereocenters. The number of hydrogen-bond acceptors (Lipinski definition) is 4. The van der Waals surface area contributed by atoms with Crippen LogP contribution in [0.5, 0.6) is 0 Å². The van der Waals surface area contributed by atoms with Gasteiger partial charge >= 0.3 is 0 Å². The van der Waals surface area contributed by atoms with E-state index in [-0.39, 0.29) is 0 Å². The zero-order valence-corrected chi connectivity index (χ0v) is 16.4. The zero-order chi connectivity index (χ0) is 18.1. The third-order valence-electron chi connectivity index (χ3n) is 4.97. The Bertz CT molecular complexity index is 512. The Labute approximate surface area is 152 Å². The van der Waals surface area contributed by atoms with Gasteiger partial charge in [0.2, 0.25) is 0 Å². The molecule has 0 aromatic carbocycles. The number of nitrogens with one attached hydrogen (secondary N) is 2. The number of aryl methyl sites for hydroxylation is 2. The lowest BCUT2D eigenvalue weighted by Gasteiger charge is -2.29. The van der Waals surface area contributed by atoms with Crippen LogP contribution in [-0.4, -0.2) is 55.3 Å². The number of aromatic nitrogens is 1. The highest BCUT2D eigenvalue weighted by atomic mass is 16.5. The molecule has 1 aromatic heterocycles. The average Bonchev–Trinajstić information content (AvgIpc) is 2.92. The second kappa shape index (κ2) is 10.4. The molecule has 142 valence electrons. The molecule has 0 unspecified atom stereocenters. The molecule has 6 heteroatoms. The average molecular weight is 350 g/mol. The molecule has 0 aliphatic carbocycles. The smallest absolute Gasteiger partial charge is 0.191 e. The van der Waals surface area contributed by atoms with Gasteiger partial charge in [0.25, 0.3) is 0 Å². The Balaban J connectivity index is 1.69. The van der Waals surface area contributed by atoms with Crippen LogP contribution in [-0.2, 0) is 6.42 Å². The molecule has 25 heavy (non-hydrogen) atoms. The molecule has 0 bridgehead atoms. The Morgan fingerprint density at radius 1 is 1.28 bits per heavy atom. The molecule has 1 aromatic rings. The molecule has 0 radical (unpaired) electrons. The molecule has 1 aliphatic rings. The zero-order valence-electron chi connectivity index (χ0n) is 16.4. The van der Waals surface area contributed by atoms with Gasteiger partial charge < -0.3 is 20.1 Å². The van der Waals surface area contributed by atoms with E-state index < -0.39 is 0 Å². The summed E-state index contributed by atoms with van der Waals surface area (Å²) >= 11 is 0. The predicted octanol–water partition coefficient (Wildman–Crippen LogP) is 2.51. The minimum Gasteiger partial charge on any atom is -0.361 e. The molecular formula is C19H35N5O. The Hall–Kier alpha value is -1.56. The molecule has 1 aliphatic heterocycles. The summed E-state index contributed by atoms with van der Waals surface area (Å²) in [6.07, 6.45) is 4.71. The highest BCUT2D eigenvalue weighted by molar-refractivity contribution is 5.79. The van der Waals surface area contributed by atoms with E-state index in [1.165, 1.54) is 31.5 Å². The van der Waals surface area contributed by atoms with Crippen molar-refractivity contribution >= 4 is 5.96 Å². The molecule has 1 saturated heterocycles. The van der Waals surface area contributed by atoms with E-state index in [0.717, 1.165) is 62.4 Å². The monoisotopic (exact) mass is 349 g/mol. The minimum absolute atomic E-state index is 0.832. The second-order valence-corrected chi connectivity index (χ2v) is 7.12. The maximum absolute atomic E-state index is 5.22. The highest BCUT2D eigenvalue weighted by Crippen LogP contribution is 2.15. The fourth-order valence-corrected chi connectivity index (χ4v) is 3.28. The lowest BCUT2D eigenvalue weighted by molar-refractivity contribution is 0.192. The van der Waals surface area contributed by atoms with Crippen molar-refractivity contribution in [1.82, 2.24) is 20.7 Å². The standard InChI is InChI=1S/C19H35N5O/c1-5-20-19(22-11-7-18-16(3)23-25-17(18)4)21-10-6-12-24-13-8-15(2)9-14-24/h15H,5-14H2,1-4H3,(H2,20,21,22). The van der Waals surface area contributed by atoms with Crippen LogP contribution in [0.4, 0.5) is 0 Å². The van der Waals surface area contributed by atoms with Crippen molar-refractivity contribution in [2.75, 3.05) is 39.3 Å². The summed E-state index contributed by atoms with van der Waals surface area (Å²) in [6, 6.07) is 0. The normalized spacial score (nSPS) is 17.0. The fourth-order valence-electron chi connectivity index (χ4n) is 3.28. The van der Waals surface area contributed by atoms with Crippen LogP contribution < -0.4 is 10.6 Å². The molecule has 1 fully saturated rings. The first-order valence-corrected chi connectivity index (χ1v) is 9.76. The summed E-state index contributed by atoms with van der Waals surface area (Å²) in [5, 5.41) is 10.7. The summed E-state index contributed by atoms with van der Waals surface area (Å²) < 4.78 is 5.22. The predicted molar refractivity (Wildman–Crippen MR) is 103 cm³/mol. The van der Waals surface area contributed by atoms with Gasteiger partial charge in [-0.25, -0.2) is 0 Å². The van der Waals surface area contributed by atoms with E-state index in [0.29, 0.717) is 0 Å². The molecule has 2 rings (SSSR count). The van der Waals surface area contributed by atoms with Crippen molar-refractivity contribution in [3.05, 3.63) is 17.0 Å². The number of aliphatic imine (C=N–C) groups is 1. The van der Waals surface area contributed by atoms with Crippen molar-refractivity contribution in [2.24, 2.45) is 10.9 Å². The van der Waals surface area contributed by atoms with Gasteiger partial charge in [-0.05, 0) is 72.0 Å². The lowest BCUT2D eigenvalue weighted by Crippen LogP contribution is -2.38. The van der Waals surface area contributed by atoms with Crippen LogP contribution in [0.3, 0.4) is 0 Å². The van der Waals surface area contributed by atoms with Crippen LogP contribution >= 0.6 is 0 Å². The Morgan fingerprint density at radius 2 is 2.04 bits per heavy atom. The molecule has 6 nitrogen and oxygen atoms in total. The van der Waals surface area contributed by atoms with E-state index in [1.807, 2.05) is 13.8 Å². The van der Waals surface area contributed by atoms with E-state index in [2.05, 4.69) is 34.5 Å². The van der Waals surface area contributed by atoms with E-state index in [1.54, 1.807) is 0 Å². The number of hydrogen-bond donors (Lipinski definition) is 2. The van der Waals surface area contributed by atoms with Gasteiger partial charge in [0.05, 0.1) is 5.69 Å². The first-order valence-electron chi connectivity index (χ1n) is 9.76. The SMILES string of the molecule is CCNC(=NCCCN1CCC(C)CC1)NCCc1c(C)noc1C. The molecule has 0 amide bonds. The fraction of sp³-hybridized carbons (Fsp3) is 0.789. The third-order valence-corrected chi connectivity index (χ3v) is 4.97. The third kappa shape index (κ3) is 6.69. The van der Waals surface area contributed by atoms with Gasteiger partial charge in [-0.2, -0.15) is 0 Å². The van der Waals surface area contributed by atoms with Gasteiger partial charge in [0.1, 0.15) is 5.76 Å². The number of nitrogens with zero attached hydrogens (tertiary/aromatic N) is 3. The Kier molecular flexibility index (Phi) is 8.25. The molecule has 0 spiro atoms. The number of likely N-dealkylation sites (tertiary alicyclic amines) is 1. The maximum Gasteiger partial charge on any atom is 0.191 e. The Morgan fingerprint density at radius 3 is 2.68 bits per heavy atom. The molecular weight excluding hydrogens is 314 g/mol. The van der Waals surface area contributed by atoms with Gasteiger partial charge in [-0.1, -0.05) is 12.1 Å². The van der Waals surface area contributed by atoms with Crippen molar-refractivity contribution in [2.45, 2.75) is 53.4 Å². The van der Waals surface area contributed by atoms with Crippen molar-refractivity contribution in [3.8, 4) is 0 Å². The van der Waals surface area contributed by atoms with Crippen LogP contribution in [0.25, 0.3) is 0 Å². The van der Waals surface area contributed by atoms with E-state index in [9.17, 15) is 0 Å². The second-order valence-electron chi connectivity index (χ2n) is 7.12. The van der Waals surface area contributed by atoms with Gasteiger partial charge in [-0.15, -0.1) is 0 Å². The number of rotatable bonds is 8. The summed E-state index contributed by atoms with van der Waals surface area (Å²) in [4.78, 5) is 7.28. The van der Waals surface area contributed by atoms with E-state index in [4.69, 9.17) is 9.52 Å². The topological polar surface area (TPSA) is 65.7 Å².